The van der Waals surface area contributed by atoms with Gasteiger partial charge >= 0.3 is 0 Å². The Morgan fingerprint density at radius 3 is 1.87 bits per heavy atom. The largest absolute Gasteiger partial charge is 0.378 e. The van der Waals surface area contributed by atoms with E-state index >= 15 is 0 Å². The molecule has 0 aliphatic carbocycles. The molecule has 2 saturated heterocycles. The van der Waals surface area contributed by atoms with E-state index in [1.54, 1.807) is 76.5 Å². The number of fused-ring (bicyclic) bond motifs is 1. The van der Waals surface area contributed by atoms with Crippen molar-refractivity contribution in [3.8, 4) is 23.1 Å². The Morgan fingerprint density at radius 1 is 0.825 bits per heavy atom. The average Bonchev–Trinajstić information content (AvgIpc) is 3.29. The maximum Gasteiger partial charge on any atom is 0.265 e. The maximum atomic E-state index is 12.7. The lowest BCUT2D eigenvalue weighted by atomic mass is 10.0. The number of anilines is 1. The van der Waals surface area contributed by atoms with Crippen LogP contribution in [-0.2, 0) is 19.5 Å². The van der Waals surface area contributed by atoms with Crippen LogP contribution in [0, 0.1) is 11.8 Å². The van der Waals surface area contributed by atoms with E-state index in [-0.39, 0.29) is 43.0 Å². The van der Waals surface area contributed by atoms with E-state index in [9.17, 15) is 22.8 Å². The molecule has 0 saturated carbocycles. The number of aromatic nitrogens is 2. The second-order valence-electron chi connectivity index (χ2n) is 13.3. The topological polar surface area (TPSA) is 177 Å². The molecule has 2 fully saturated rings. The molecule has 19 heteroatoms. The fourth-order valence-electron chi connectivity index (χ4n) is 6.01. The van der Waals surface area contributed by atoms with Crippen molar-refractivity contribution in [2.45, 2.75) is 21.3 Å². The second-order valence-corrected chi connectivity index (χ2v) is 17.0. The number of carbonyl (C=O) groups excluding carboxylic acids is 3. The molecule has 0 bridgehead atoms. The van der Waals surface area contributed by atoms with Gasteiger partial charge in [-0.2, -0.15) is 0 Å². The third-order valence-electron chi connectivity index (χ3n) is 9.38. The highest BCUT2D eigenvalue weighted by molar-refractivity contribution is 9.10. The number of nitrogen functional groups attached to an aromatic ring is 1. The third-order valence-corrected chi connectivity index (χ3v) is 12.1. The number of nitrogens with one attached hydrogen (secondary N) is 1. The number of pyridine rings is 2. The second kappa shape index (κ2) is 24.3. The van der Waals surface area contributed by atoms with Gasteiger partial charge in [0.15, 0.2) is 0 Å². The lowest BCUT2D eigenvalue weighted by molar-refractivity contribution is 0.0301. The van der Waals surface area contributed by atoms with Crippen molar-refractivity contribution < 1.29 is 32.3 Å². The van der Waals surface area contributed by atoms with E-state index in [1.165, 1.54) is 19.3 Å². The normalized spacial score (nSPS) is 13.3. The number of morpholine rings is 2. The number of ether oxygens (including phenoxy) is 2. The molecule has 7 rings (SSSR count). The standard InChI is InChI=1S/C30H27ClN6O5S.C11H11BrClNO2.C2H6.CH4.ClH/c1-36(43(2,40)41)28-17-27-24(18-33-28)23(29(38)35-32)16-26(34-27)21-7-4-19(5-8-21)3-6-20-9-10-22(15-25(20)31)30(39)37-11-13-42-14-12-37;12-9-2-1-8(7-10(9)13)11(15)14-3-5-16-6-4-14;1-2;;/h4-5,7-10,15-18H,11-14,32H2,1-2H3,(H,35,38);1-2,7H,3-6H2;1-2H3;1H4;1H. The van der Waals surface area contributed by atoms with Crippen LogP contribution in [0.4, 0.5) is 5.82 Å². The van der Waals surface area contributed by atoms with E-state index in [0.717, 1.165) is 15.0 Å². The molecule has 0 spiro atoms. The monoisotopic (exact) mass is 1000 g/mol. The van der Waals surface area contributed by atoms with Crippen LogP contribution >= 0.6 is 51.5 Å². The van der Waals surface area contributed by atoms with E-state index in [1.807, 2.05) is 13.8 Å². The number of sulfonamides is 1. The molecule has 14 nitrogen and oxygen atoms in total. The first-order chi connectivity index (χ1) is 29.2. The Morgan fingerprint density at radius 2 is 1.37 bits per heavy atom. The molecule has 2 aliphatic heterocycles. The summed E-state index contributed by atoms with van der Waals surface area (Å²) >= 11 is 15.7. The van der Waals surface area contributed by atoms with Crippen LogP contribution < -0.4 is 15.6 Å². The SMILES string of the molecule is C.CC.CN(c1cc2nc(-c3ccc(C#Cc4ccc(C(=O)N5CCOCC5)cc4Cl)cc3)cc(C(=O)NN)c2cn1)S(C)(=O)=O.Cl.O=C(c1ccc(Br)c(Cl)c1)N1CCOCC1. The number of halogens is 4. The molecule has 336 valence electrons. The van der Waals surface area contributed by atoms with Crippen LogP contribution in [0.15, 0.2) is 83.5 Å². The summed E-state index contributed by atoms with van der Waals surface area (Å²) in [6, 6.07) is 20.6. The Labute approximate surface area is 393 Å². The summed E-state index contributed by atoms with van der Waals surface area (Å²) in [6.45, 7) is 8.63. The van der Waals surface area contributed by atoms with Gasteiger partial charge in [0.05, 0.1) is 59.5 Å². The van der Waals surface area contributed by atoms with Gasteiger partial charge in [0.1, 0.15) is 5.82 Å². The number of hydrogen-bond donors (Lipinski definition) is 2. The van der Waals surface area contributed by atoms with Crippen LogP contribution in [0.3, 0.4) is 0 Å². The molecule has 3 N–H and O–H groups in total. The summed E-state index contributed by atoms with van der Waals surface area (Å²) in [4.78, 5) is 49.7. The van der Waals surface area contributed by atoms with Gasteiger partial charge in [0.25, 0.3) is 17.7 Å². The molecule has 63 heavy (non-hydrogen) atoms. The van der Waals surface area contributed by atoms with Gasteiger partial charge in [0.2, 0.25) is 10.0 Å². The summed E-state index contributed by atoms with van der Waals surface area (Å²) < 4.78 is 36.4. The Hall–Kier alpha value is -4.83. The van der Waals surface area contributed by atoms with E-state index < -0.39 is 15.9 Å². The zero-order chi connectivity index (χ0) is 44.3. The number of benzene rings is 3. The van der Waals surface area contributed by atoms with Gasteiger partial charge in [-0.15, -0.1) is 12.4 Å². The third kappa shape index (κ3) is 13.6. The quantitative estimate of drug-likeness (QED) is 0.0751. The molecular weight excluding hydrogens is 957 g/mol. The van der Waals surface area contributed by atoms with Crippen molar-refractivity contribution in [2.24, 2.45) is 5.84 Å². The molecule has 0 atom stereocenters. The predicted octanol–water partition coefficient (Wildman–Crippen LogP) is 7.48. The minimum Gasteiger partial charge on any atom is -0.378 e. The first-order valence-corrected chi connectivity index (χ1v) is 22.5. The molecule has 4 heterocycles. The van der Waals surface area contributed by atoms with Crippen LogP contribution in [0.2, 0.25) is 10.0 Å². The summed E-state index contributed by atoms with van der Waals surface area (Å²) in [6.07, 6.45) is 2.46. The van der Waals surface area contributed by atoms with E-state index in [0.29, 0.717) is 107 Å². The highest BCUT2D eigenvalue weighted by Gasteiger charge is 2.21. The lowest BCUT2D eigenvalue weighted by Gasteiger charge is -2.26. The fourth-order valence-corrected chi connectivity index (χ4v) is 7.10. The van der Waals surface area contributed by atoms with Crippen molar-refractivity contribution in [3.63, 3.8) is 0 Å². The summed E-state index contributed by atoms with van der Waals surface area (Å²) in [5.74, 6) is 11.1. The van der Waals surface area contributed by atoms with Crippen LogP contribution in [0.1, 0.15) is 63.5 Å². The zero-order valence-corrected chi connectivity index (χ0v) is 39.0. The average molecular weight is 1010 g/mol. The Bertz CT molecular complexity index is 2580. The molecule has 3 amide bonds. The van der Waals surface area contributed by atoms with Gasteiger partial charge in [-0.25, -0.2) is 24.2 Å². The number of nitrogens with zero attached hydrogens (tertiary/aromatic N) is 5. The molecule has 2 aromatic heterocycles. The predicted molar refractivity (Wildman–Crippen MR) is 255 cm³/mol. The molecule has 3 aromatic carbocycles. The molecule has 5 aromatic rings. The maximum absolute atomic E-state index is 12.7. The minimum atomic E-state index is -3.56. The van der Waals surface area contributed by atoms with Gasteiger partial charge in [0, 0.05) is 83.2 Å². The van der Waals surface area contributed by atoms with Gasteiger partial charge in [-0.05, 0) is 70.5 Å². The molecule has 0 radical (unpaired) electrons. The molecular formula is C44H49BrCl3N7O7S. The first kappa shape index (κ1) is 52.5. The van der Waals surface area contributed by atoms with Crippen molar-refractivity contribution in [2.75, 3.05) is 70.2 Å². The number of hydrogen-bond acceptors (Lipinski definition) is 10. The lowest BCUT2D eigenvalue weighted by Crippen LogP contribution is -2.40. The van der Waals surface area contributed by atoms with Crippen molar-refractivity contribution in [3.05, 3.63) is 121 Å². The van der Waals surface area contributed by atoms with Crippen molar-refractivity contribution in [1.82, 2.24) is 25.2 Å². The van der Waals surface area contributed by atoms with Gasteiger partial charge < -0.3 is 19.3 Å². The summed E-state index contributed by atoms with van der Waals surface area (Å²) in [5, 5.41) is 1.35. The highest BCUT2D eigenvalue weighted by Crippen LogP contribution is 2.28. The van der Waals surface area contributed by atoms with Crippen molar-refractivity contribution >= 4 is 96.0 Å². The van der Waals surface area contributed by atoms with E-state index in [4.69, 9.17) is 38.5 Å². The number of hydrazine groups is 1. The van der Waals surface area contributed by atoms with Gasteiger partial charge in [-0.3, -0.25) is 24.1 Å². The number of amides is 3. The minimum absolute atomic E-state index is 0. The van der Waals surface area contributed by atoms with Crippen LogP contribution in [0.25, 0.3) is 22.2 Å². The molecule has 2 aliphatic rings. The zero-order valence-electron chi connectivity index (χ0n) is 34.3. The summed E-state index contributed by atoms with van der Waals surface area (Å²) in [7, 11) is -2.18. The first-order valence-electron chi connectivity index (χ1n) is 19.1. The number of nitrogens with two attached hydrogens (primary N) is 1. The smallest absolute Gasteiger partial charge is 0.265 e. The number of carbonyl (C=O) groups is 3. The fraction of sp³-hybridized carbons (Fsp3) is 0.295. The Balaban J connectivity index is 0.000000443. The van der Waals surface area contributed by atoms with Gasteiger partial charge in [-0.1, -0.05) is 68.4 Å². The van der Waals surface area contributed by atoms with Crippen LogP contribution in [0.5, 0.6) is 0 Å². The Kier molecular flexibility index (Phi) is 20.2. The summed E-state index contributed by atoms with van der Waals surface area (Å²) in [5.41, 5.74) is 6.30. The number of rotatable bonds is 6. The highest BCUT2D eigenvalue weighted by atomic mass is 79.9. The van der Waals surface area contributed by atoms with Crippen molar-refractivity contribution in [1.29, 1.82) is 0 Å². The van der Waals surface area contributed by atoms with Crippen LogP contribution in [-0.4, -0.2) is 112 Å². The molecule has 0 unspecified atom stereocenters. The van der Waals surface area contributed by atoms with E-state index in [2.05, 4.69) is 43.2 Å².